The van der Waals surface area contributed by atoms with Crippen LogP contribution < -0.4 is 9.64 Å². The molecule has 4 heterocycles. The number of nitrogens with zero attached hydrogens (tertiary/aromatic N) is 3. The summed E-state index contributed by atoms with van der Waals surface area (Å²) in [6.45, 7) is 1.83. The Morgan fingerprint density at radius 1 is 1.24 bits per heavy atom. The highest BCUT2D eigenvalue weighted by molar-refractivity contribution is 7.11. The van der Waals surface area contributed by atoms with Gasteiger partial charge in [0, 0.05) is 29.1 Å². The maximum atomic E-state index is 13.8. The molecule has 3 aliphatic heterocycles. The molecule has 6 rings (SSSR count). The van der Waals surface area contributed by atoms with Gasteiger partial charge in [0.1, 0.15) is 16.3 Å². The normalized spacial score (nSPS) is 31.1. The molecule has 5 nitrogen and oxygen atoms in total. The van der Waals surface area contributed by atoms with Crippen LogP contribution in [0.15, 0.2) is 24.3 Å². The number of methoxy groups -OCH3 is 1. The van der Waals surface area contributed by atoms with Gasteiger partial charge in [-0.15, -0.1) is 11.3 Å². The van der Waals surface area contributed by atoms with Crippen molar-refractivity contribution in [1.29, 1.82) is 0 Å². The van der Waals surface area contributed by atoms with Crippen LogP contribution >= 0.6 is 11.3 Å². The number of aromatic nitrogens is 1. The van der Waals surface area contributed by atoms with Gasteiger partial charge in [-0.1, -0.05) is 6.07 Å². The van der Waals surface area contributed by atoms with E-state index in [1.165, 1.54) is 34.8 Å². The lowest BCUT2D eigenvalue weighted by Crippen LogP contribution is -2.49. The van der Waals surface area contributed by atoms with Crippen LogP contribution in [-0.2, 0) is 17.6 Å². The molecule has 1 amide bonds. The Bertz CT molecular complexity index is 949. The molecule has 6 heteroatoms. The second-order valence-corrected chi connectivity index (χ2v) is 10.0. The van der Waals surface area contributed by atoms with Crippen molar-refractivity contribution in [2.45, 2.75) is 56.5 Å². The van der Waals surface area contributed by atoms with E-state index >= 15 is 0 Å². The maximum absolute atomic E-state index is 13.8. The fourth-order valence-corrected chi connectivity index (χ4v) is 7.52. The van der Waals surface area contributed by atoms with Crippen LogP contribution in [0, 0.1) is 5.92 Å². The van der Waals surface area contributed by atoms with Crippen molar-refractivity contribution in [3.63, 3.8) is 0 Å². The zero-order valence-electron chi connectivity index (χ0n) is 16.9. The molecule has 1 aromatic carbocycles. The quantitative estimate of drug-likeness (QED) is 0.769. The highest BCUT2D eigenvalue weighted by Crippen LogP contribution is 2.57. The summed E-state index contributed by atoms with van der Waals surface area (Å²) in [5.74, 6) is 1.48. The molecule has 3 fully saturated rings. The number of hydrogen-bond donors (Lipinski definition) is 0. The summed E-state index contributed by atoms with van der Waals surface area (Å²) in [4.78, 5) is 24.9. The van der Waals surface area contributed by atoms with Crippen LogP contribution in [0.25, 0.3) is 0 Å². The lowest BCUT2D eigenvalue weighted by Gasteiger charge is -2.32. The number of benzene rings is 1. The molecule has 0 radical (unpaired) electrons. The van der Waals surface area contributed by atoms with Crippen molar-refractivity contribution in [1.82, 2.24) is 9.88 Å². The van der Waals surface area contributed by atoms with E-state index in [0.29, 0.717) is 12.0 Å². The van der Waals surface area contributed by atoms with Gasteiger partial charge in [-0.3, -0.25) is 9.69 Å². The molecule has 3 atom stereocenters. The number of aryl methyl sites for hydroxylation is 2. The predicted octanol–water partition coefficient (Wildman–Crippen LogP) is 3.97. The molecule has 1 spiro atoms. The Morgan fingerprint density at radius 3 is 3.00 bits per heavy atom. The number of ether oxygens (including phenoxy) is 1. The third-order valence-electron chi connectivity index (χ3n) is 7.56. The van der Waals surface area contributed by atoms with E-state index < -0.39 is 0 Å². The van der Waals surface area contributed by atoms with Crippen LogP contribution in [0.3, 0.4) is 0 Å². The van der Waals surface area contributed by atoms with Gasteiger partial charge in [-0.05, 0) is 63.6 Å². The number of thiazole rings is 1. The van der Waals surface area contributed by atoms with Crippen LogP contribution in [0.1, 0.15) is 53.7 Å². The van der Waals surface area contributed by atoms with E-state index in [0.717, 1.165) is 50.2 Å². The Kier molecular flexibility index (Phi) is 4.04. The molecule has 4 aliphatic rings. The van der Waals surface area contributed by atoms with Crippen molar-refractivity contribution >= 4 is 22.9 Å². The number of fused-ring (bicyclic) bond motifs is 1. The molecule has 0 bridgehead atoms. The lowest BCUT2D eigenvalue weighted by atomic mass is 9.86. The average molecular weight is 410 g/mol. The third kappa shape index (κ3) is 2.48. The van der Waals surface area contributed by atoms with Crippen molar-refractivity contribution in [2.24, 2.45) is 5.92 Å². The summed E-state index contributed by atoms with van der Waals surface area (Å²) < 4.78 is 5.39. The SMILES string of the molecule is COc1cccc(N2C[C@@H]3C[C@@H](c4nc5c(s4)CCCC5)N4CCC[C@@]34C2=O)c1. The summed E-state index contributed by atoms with van der Waals surface area (Å²) in [5.41, 5.74) is 1.98. The number of amides is 1. The first kappa shape index (κ1) is 17.9. The lowest BCUT2D eigenvalue weighted by molar-refractivity contribution is -0.126. The van der Waals surface area contributed by atoms with Crippen molar-refractivity contribution in [2.75, 3.05) is 25.1 Å². The molecular formula is C23H27N3O2S. The number of hydrogen-bond acceptors (Lipinski definition) is 5. The molecule has 2 aromatic rings. The molecule has 0 N–H and O–H groups in total. The Balaban J connectivity index is 1.33. The molecule has 0 saturated carbocycles. The predicted molar refractivity (Wildman–Crippen MR) is 114 cm³/mol. The molecule has 29 heavy (non-hydrogen) atoms. The van der Waals surface area contributed by atoms with E-state index in [4.69, 9.17) is 9.72 Å². The fourth-order valence-electron chi connectivity index (χ4n) is 6.24. The topological polar surface area (TPSA) is 45.7 Å². The first-order valence-corrected chi connectivity index (χ1v) is 11.7. The molecule has 3 saturated heterocycles. The van der Waals surface area contributed by atoms with Crippen molar-refractivity contribution < 1.29 is 9.53 Å². The molecule has 0 unspecified atom stereocenters. The van der Waals surface area contributed by atoms with Gasteiger partial charge in [0.25, 0.3) is 0 Å². The monoisotopic (exact) mass is 409 g/mol. The first-order valence-electron chi connectivity index (χ1n) is 10.9. The highest BCUT2D eigenvalue weighted by Gasteiger charge is 2.65. The zero-order chi connectivity index (χ0) is 19.6. The maximum Gasteiger partial charge on any atom is 0.247 e. The van der Waals surface area contributed by atoms with Gasteiger partial charge >= 0.3 is 0 Å². The fraction of sp³-hybridized carbons (Fsp3) is 0.565. The Morgan fingerprint density at radius 2 is 2.14 bits per heavy atom. The smallest absolute Gasteiger partial charge is 0.247 e. The second kappa shape index (κ2) is 6.54. The van der Waals surface area contributed by atoms with Gasteiger partial charge in [0.05, 0.1) is 18.8 Å². The minimum absolute atomic E-state index is 0.289. The zero-order valence-corrected chi connectivity index (χ0v) is 17.7. The van der Waals surface area contributed by atoms with Gasteiger partial charge in [-0.25, -0.2) is 4.98 Å². The number of carbonyl (C=O) groups excluding carboxylic acids is 1. The van der Waals surface area contributed by atoms with E-state index in [2.05, 4.69) is 4.90 Å². The van der Waals surface area contributed by atoms with Crippen LogP contribution in [0.4, 0.5) is 5.69 Å². The number of anilines is 1. The van der Waals surface area contributed by atoms with Crippen molar-refractivity contribution in [3.8, 4) is 5.75 Å². The van der Waals surface area contributed by atoms with Gasteiger partial charge in [-0.2, -0.15) is 0 Å². The van der Waals surface area contributed by atoms with Crippen LogP contribution in [-0.4, -0.2) is 41.5 Å². The standard InChI is InChI=1S/C23H27N3O2S/c1-28-17-7-4-6-16(13-17)25-14-15-12-19(26-11-5-10-23(15,26)22(25)27)21-24-18-8-2-3-9-20(18)29-21/h4,6-7,13,15,19H,2-3,5,8-12,14H2,1H3/t15-,19-,23-/m0/s1. The van der Waals surface area contributed by atoms with E-state index in [9.17, 15) is 4.79 Å². The summed E-state index contributed by atoms with van der Waals surface area (Å²) in [6.07, 6.45) is 8.04. The van der Waals surface area contributed by atoms with Crippen LogP contribution in [0.2, 0.25) is 0 Å². The summed E-state index contributed by atoms with van der Waals surface area (Å²) in [6, 6.07) is 8.26. The minimum atomic E-state index is -0.320. The van der Waals surface area contributed by atoms with E-state index in [1.54, 1.807) is 7.11 Å². The minimum Gasteiger partial charge on any atom is -0.497 e. The molecule has 152 valence electrons. The molecule has 1 aromatic heterocycles. The Labute approximate surface area is 175 Å². The molecular weight excluding hydrogens is 382 g/mol. The van der Waals surface area contributed by atoms with E-state index in [1.807, 2.05) is 40.5 Å². The number of rotatable bonds is 3. The third-order valence-corrected chi connectivity index (χ3v) is 8.82. The van der Waals surface area contributed by atoms with Gasteiger partial charge < -0.3 is 9.64 Å². The largest absolute Gasteiger partial charge is 0.497 e. The Hall–Kier alpha value is -1.92. The summed E-state index contributed by atoms with van der Waals surface area (Å²) in [7, 11) is 1.68. The van der Waals surface area contributed by atoms with Crippen molar-refractivity contribution in [3.05, 3.63) is 39.8 Å². The summed E-state index contributed by atoms with van der Waals surface area (Å²) in [5, 5.41) is 1.27. The number of carbonyl (C=O) groups is 1. The van der Waals surface area contributed by atoms with Gasteiger partial charge in [0.15, 0.2) is 0 Å². The second-order valence-electron chi connectivity index (χ2n) is 8.92. The highest BCUT2D eigenvalue weighted by atomic mass is 32.1. The first-order chi connectivity index (χ1) is 14.2. The van der Waals surface area contributed by atoms with Crippen LogP contribution in [0.5, 0.6) is 5.75 Å². The van der Waals surface area contributed by atoms with Gasteiger partial charge in [0.2, 0.25) is 5.91 Å². The average Bonchev–Trinajstić information content (AvgIpc) is 3.48. The molecule has 1 aliphatic carbocycles. The summed E-state index contributed by atoms with van der Waals surface area (Å²) >= 11 is 1.93. The van der Waals surface area contributed by atoms with E-state index in [-0.39, 0.29) is 11.4 Å².